The molecule has 0 amide bonds. The summed E-state index contributed by atoms with van der Waals surface area (Å²) in [6, 6.07) is 0.478. The van der Waals surface area contributed by atoms with Crippen LogP contribution in [0.15, 0.2) is 0 Å². The SMILES string of the molecule is CNC(c1c(C)nn(C)c1C)C1CCC(C)CC1. The second-order valence-electron chi connectivity index (χ2n) is 5.99. The van der Waals surface area contributed by atoms with Gasteiger partial charge in [-0.05, 0) is 45.6 Å². The molecule has 1 atom stereocenters. The summed E-state index contributed by atoms with van der Waals surface area (Å²) in [5, 5.41) is 8.11. The van der Waals surface area contributed by atoms with Crippen molar-refractivity contribution in [3.8, 4) is 0 Å². The molecule has 0 radical (unpaired) electrons. The van der Waals surface area contributed by atoms with Crippen LogP contribution < -0.4 is 5.32 Å². The van der Waals surface area contributed by atoms with Crippen LogP contribution >= 0.6 is 0 Å². The molecule has 0 saturated heterocycles. The normalized spacial score (nSPS) is 26.3. The van der Waals surface area contributed by atoms with E-state index < -0.39 is 0 Å². The summed E-state index contributed by atoms with van der Waals surface area (Å²) in [5.74, 6) is 1.68. The third kappa shape index (κ3) is 2.46. The zero-order chi connectivity index (χ0) is 13.3. The third-order valence-electron chi connectivity index (χ3n) is 4.72. The van der Waals surface area contributed by atoms with Crippen molar-refractivity contribution in [3.63, 3.8) is 0 Å². The highest BCUT2D eigenvalue weighted by Gasteiger charge is 2.29. The highest BCUT2D eigenvalue weighted by Crippen LogP contribution is 2.38. The van der Waals surface area contributed by atoms with Crippen LogP contribution in [0.3, 0.4) is 0 Å². The van der Waals surface area contributed by atoms with Crippen LogP contribution in [0, 0.1) is 25.7 Å². The maximum absolute atomic E-state index is 4.57. The molecule has 1 aliphatic rings. The highest BCUT2D eigenvalue weighted by atomic mass is 15.3. The largest absolute Gasteiger partial charge is 0.313 e. The van der Waals surface area contributed by atoms with Crippen molar-refractivity contribution in [1.82, 2.24) is 15.1 Å². The van der Waals surface area contributed by atoms with Gasteiger partial charge in [0.2, 0.25) is 0 Å². The lowest BCUT2D eigenvalue weighted by Gasteiger charge is -2.33. The van der Waals surface area contributed by atoms with Gasteiger partial charge >= 0.3 is 0 Å². The van der Waals surface area contributed by atoms with Crippen molar-refractivity contribution in [3.05, 3.63) is 17.0 Å². The Kier molecular flexibility index (Phi) is 4.10. The Morgan fingerprint density at radius 1 is 1.22 bits per heavy atom. The van der Waals surface area contributed by atoms with Crippen LogP contribution in [0.25, 0.3) is 0 Å². The summed E-state index contributed by atoms with van der Waals surface area (Å²) in [7, 11) is 4.13. The van der Waals surface area contributed by atoms with Crippen LogP contribution in [0.5, 0.6) is 0 Å². The molecule has 0 bridgehead atoms. The van der Waals surface area contributed by atoms with Crippen molar-refractivity contribution in [1.29, 1.82) is 0 Å². The van der Waals surface area contributed by atoms with Crippen molar-refractivity contribution >= 4 is 0 Å². The summed E-state index contributed by atoms with van der Waals surface area (Å²) < 4.78 is 2.01. The smallest absolute Gasteiger partial charge is 0.0644 e. The number of hydrogen-bond donors (Lipinski definition) is 1. The molecular weight excluding hydrogens is 222 g/mol. The average Bonchev–Trinajstić information content (AvgIpc) is 2.59. The highest BCUT2D eigenvalue weighted by molar-refractivity contribution is 5.28. The van der Waals surface area contributed by atoms with Crippen molar-refractivity contribution in [2.45, 2.75) is 52.5 Å². The van der Waals surface area contributed by atoms with Gasteiger partial charge in [-0.25, -0.2) is 0 Å². The molecule has 3 nitrogen and oxygen atoms in total. The van der Waals surface area contributed by atoms with Crippen LogP contribution in [0.4, 0.5) is 0 Å². The molecule has 1 unspecified atom stereocenters. The average molecular weight is 249 g/mol. The van der Waals surface area contributed by atoms with E-state index in [1.165, 1.54) is 42.6 Å². The topological polar surface area (TPSA) is 29.9 Å². The summed E-state index contributed by atoms with van der Waals surface area (Å²) in [5.41, 5.74) is 3.93. The van der Waals surface area contributed by atoms with E-state index in [4.69, 9.17) is 0 Å². The molecule has 2 rings (SSSR count). The molecule has 1 aromatic heterocycles. The van der Waals surface area contributed by atoms with Crippen LogP contribution in [0.2, 0.25) is 0 Å². The Morgan fingerprint density at radius 2 is 1.83 bits per heavy atom. The van der Waals surface area contributed by atoms with Gasteiger partial charge in [-0.1, -0.05) is 19.8 Å². The van der Waals surface area contributed by atoms with Gasteiger partial charge < -0.3 is 5.32 Å². The van der Waals surface area contributed by atoms with Gasteiger partial charge in [-0.15, -0.1) is 0 Å². The van der Waals surface area contributed by atoms with Crippen LogP contribution in [-0.2, 0) is 7.05 Å². The van der Waals surface area contributed by atoms with Crippen molar-refractivity contribution < 1.29 is 0 Å². The molecule has 1 N–H and O–H groups in total. The van der Waals surface area contributed by atoms with E-state index in [-0.39, 0.29) is 0 Å². The summed E-state index contributed by atoms with van der Waals surface area (Å²) in [4.78, 5) is 0. The van der Waals surface area contributed by atoms with Crippen molar-refractivity contribution in [2.75, 3.05) is 7.05 Å². The maximum Gasteiger partial charge on any atom is 0.0644 e. The fraction of sp³-hybridized carbons (Fsp3) is 0.800. The molecule has 1 aromatic rings. The van der Waals surface area contributed by atoms with Gasteiger partial charge in [-0.3, -0.25) is 4.68 Å². The lowest BCUT2D eigenvalue weighted by Crippen LogP contribution is -2.29. The molecule has 1 aliphatic carbocycles. The molecule has 0 aliphatic heterocycles. The quantitative estimate of drug-likeness (QED) is 0.892. The van der Waals surface area contributed by atoms with Crippen LogP contribution in [0.1, 0.15) is 55.6 Å². The first kappa shape index (κ1) is 13.6. The minimum Gasteiger partial charge on any atom is -0.313 e. The van der Waals surface area contributed by atoms with Gasteiger partial charge in [0.05, 0.1) is 5.69 Å². The maximum atomic E-state index is 4.57. The van der Waals surface area contributed by atoms with E-state index in [2.05, 4.69) is 38.2 Å². The number of nitrogens with zero attached hydrogens (tertiary/aromatic N) is 2. The number of hydrogen-bond acceptors (Lipinski definition) is 2. The zero-order valence-electron chi connectivity index (χ0n) is 12.5. The first-order valence-corrected chi connectivity index (χ1v) is 7.22. The van der Waals surface area contributed by atoms with E-state index in [1.54, 1.807) is 0 Å². The molecule has 0 aromatic carbocycles. The van der Waals surface area contributed by atoms with E-state index in [0.717, 1.165) is 11.8 Å². The van der Waals surface area contributed by atoms with E-state index >= 15 is 0 Å². The first-order valence-electron chi connectivity index (χ1n) is 7.22. The lowest BCUT2D eigenvalue weighted by molar-refractivity contribution is 0.237. The molecular formula is C15H27N3. The van der Waals surface area contributed by atoms with Crippen LogP contribution in [-0.4, -0.2) is 16.8 Å². The van der Waals surface area contributed by atoms with E-state index in [0.29, 0.717) is 6.04 Å². The summed E-state index contributed by atoms with van der Waals surface area (Å²) in [6.45, 7) is 6.70. The van der Waals surface area contributed by atoms with E-state index in [9.17, 15) is 0 Å². The minimum absolute atomic E-state index is 0.478. The number of aromatic nitrogens is 2. The molecule has 1 fully saturated rings. The van der Waals surface area contributed by atoms with Gasteiger partial charge in [0, 0.05) is 24.3 Å². The van der Waals surface area contributed by atoms with Gasteiger partial charge in [0.15, 0.2) is 0 Å². The second-order valence-corrected chi connectivity index (χ2v) is 5.99. The number of nitrogens with one attached hydrogen (secondary N) is 1. The first-order chi connectivity index (χ1) is 8.54. The standard InChI is InChI=1S/C15H27N3/c1-10-6-8-13(9-7-10)15(16-4)14-11(2)17-18(5)12(14)3/h10,13,15-16H,6-9H2,1-5H3. The minimum atomic E-state index is 0.478. The molecule has 3 heteroatoms. The summed E-state index contributed by atoms with van der Waals surface area (Å²) >= 11 is 0. The van der Waals surface area contributed by atoms with Gasteiger partial charge in [0.1, 0.15) is 0 Å². The molecule has 18 heavy (non-hydrogen) atoms. The Labute approximate surface area is 111 Å². The Morgan fingerprint density at radius 3 is 2.28 bits per heavy atom. The molecule has 0 spiro atoms. The van der Waals surface area contributed by atoms with Gasteiger partial charge in [0.25, 0.3) is 0 Å². The predicted molar refractivity (Wildman–Crippen MR) is 75.6 cm³/mol. The van der Waals surface area contributed by atoms with E-state index in [1.807, 2.05) is 11.7 Å². The lowest BCUT2D eigenvalue weighted by atomic mass is 9.77. The number of aryl methyl sites for hydroxylation is 2. The Hall–Kier alpha value is -0.830. The zero-order valence-corrected chi connectivity index (χ0v) is 12.5. The van der Waals surface area contributed by atoms with Gasteiger partial charge in [-0.2, -0.15) is 5.10 Å². The third-order valence-corrected chi connectivity index (χ3v) is 4.72. The molecule has 102 valence electrons. The molecule has 1 saturated carbocycles. The fourth-order valence-electron chi connectivity index (χ4n) is 3.48. The van der Waals surface area contributed by atoms with Crippen molar-refractivity contribution in [2.24, 2.45) is 18.9 Å². The second kappa shape index (κ2) is 5.43. The predicted octanol–water partition coefficient (Wildman–Crippen LogP) is 3.12. The Bertz CT molecular complexity index is 400. The summed E-state index contributed by atoms with van der Waals surface area (Å²) in [6.07, 6.45) is 5.45. The number of rotatable bonds is 3. The Balaban J connectivity index is 2.22. The molecule has 1 heterocycles. The fourth-order valence-corrected chi connectivity index (χ4v) is 3.48. The monoisotopic (exact) mass is 249 g/mol.